The van der Waals surface area contributed by atoms with Gasteiger partial charge in [0.25, 0.3) is 0 Å². The van der Waals surface area contributed by atoms with E-state index in [4.69, 9.17) is 4.98 Å². The predicted octanol–water partition coefficient (Wildman–Crippen LogP) is 4.41. The van der Waals surface area contributed by atoms with Crippen molar-refractivity contribution in [2.45, 2.75) is 40.7 Å². The zero-order valence-corrected chi connectivity index (χ0v) is 13.2. The molecule has 2 rings (SSSR count). The molecule has 0 saturated heterocycles. The van der Waals surface area contributed by atoms with Crippen LogP contribution in [0.15, 0.2) is 18.2 Å². The summed E-state index contributed by atoms with van der Waals surface area (Å²) >= 11 is 1.81. The highest BCUT2D eigenvalue weighted by Crippen LogP contribution is 2.33. The highest BCUT2D eigenvalue weighted by Gasteiger charge is 2.15. The normalized spacial score (nSPS) is 12.7. The summed E-state index contributed by atoms with van der Waals surface area (Å²) in [5, 5.41) is 4.60. The lowest BCUT2D eigenvalue weighted by Gasteiger charge is -2.10. The van der Waals surface area contributed by atoms with Gasteiger partial charge >= 0.3 is 0 Å². The van der Waals surface area contributed by atoms with Gasteiger partial charge in [-0.1, -0.05) is 30.7 Å². The van der Waals surface area contributed by atoms with Crippen molar-refractivity contribution in [1.29, 1.82) is 0 Å². The molecule has 0 aliphatic carbocycles. The summed E-state index contributed by atoms with van der Waals surface area (Å²) in [6, 6.07) is 6.94. The minimum atomic E-state index is 0.377. The number of benzene rings is 1. The van der Waals surface area contributed by atoms with Crippen LogP contribution >= 0.6 is 11.3 Å². The number of hydrogen-bond acceptors (Lipinski definition) is 3. The van der Waals surface area contributed by atoms with Gasteiger partial charge in [0, 0.05) is 16.5 Å². The van der Waals surface area contributed by atoms with E-state index < -0.39 is 0 Å². The van der Waals surface area contributed by atoms with Gasteiger partial charge in [-0.25, -0.2) is 4.98 Å². The summed E-state index contributed by atoms with van der Waals surface area (Å²) in [6.07, 6.45) is 0. The molecule has 1 aromatic heterocycles. The molecule has 1 atom stereocenters. The van der Waals surface area contributed by atoms with Crippen LogP contribution in [0, 0.1) is 20.8 Å². The molecule has 0 bridgehead atoms. The number of nitrogens with zero attached hydrogens (tertiary/aromatic N) is 1. The SMILES string of the molecule is CCNC(C)c1sc(-c2ccc(C)cc2C)nc1C. The molecule has 0 aliphatic rings. The van der Waals surface area contributed by atoms with Gasteiger partial charge in [-0.2, -0.15) is 0 Å². The molecule has 0 radical (unpaired) electrons. The van der Waals surface area contributed by atoms with Crippen LogP contribution < -0.4 is 5.32 Å². The molecule has 102 valence electrons. The van der Waals surface area contributed by atoms with E-state index in [9.17, 15) is 0 Å². The highest BCUT2D eigenvalue weighted by molar-refractivity contribution is 7.15. The molecule has 0 amide bonds. The molecular weight excluding hydrogens is 252 g/mol. The van der Waals surface area contributed by atoms with Crippen LogP contribution in [-0.2, 0) is 0 Å². The number of rotatable bonds is 4. The van der Waals surface area contributed by atoms with Crippen molar-refractivity contribution in [3.05, 3.63) is 39.9 Å². The van der Waals surface area contributed by atoms with Crippen molar-refractivity contribution in [1.82, 2.24) is 10.3 Å². The Labute approximate surface area is 119 Å². The molecule has 1 aromatic carbocycles. The Hall–Kier alpha value is -1.19. The maximum atomic E-state index is 4.75. The first kappa shape index (κ1) is 14.2. The van der Waals surface area contributed by atoms with E-state index in [2.05, 4.69) is 58.1 Å². The first-order chi connectivity index (χ1) is 9.02. The van der Waals surface area contributed by atoms with Crippen LogP contribution in [0.5, 0.6) is 0 Å². The third kappa shape index (κ3) is 3.04. The van der Waals surface area contributed by atoms with Crippen LogP contribution in [0.4, 0.5) is 0 Å². The van der Waals surface area contributed by atoms with Crippen molar-refractivity contribution in [3.63, 3.8) is 0 Å². The van der Waals surface area contributed by atoms with Crippen LogP contribution in [0.25, 0.3) is 10.6 Å². The number of aromatic nitrogens is 1. The molecule has 1 N–H and O–H groups in total. The van der Waals surface area contributed by atoms with Crippen LogP contribution in [0.2, 0.25) is 0 Å². The van der Waals surface area contributed by atoms with Gasteiger partial charge in [-0.3, -0.25) is 0 Å². The van der Waals surface area contributed by atoms with Gasteiger partial charge < -0.3 is 5.32 Å². The Morgan fingerprint density at radius 2 is 2.00 bits per heavy atom. The van der Waals surface area contributed by atoms with Gasteiger partial charge in [0.2, 0.25) is 0 Å². The van der Waals surface area contributed by atoms with Crippen molar-refractivity contribution in [2.24, 2.45) is 0 Å². The number of thiazole rings is 1. The lowest BCUT2D eigenvalue weighted by molar-refractivity contribution is 0.603. The second kappa shape index (κ2) is 5.85. The second-order valence-electron chi connectivity index (χ2n) is 5.07. The maximum absolute atomic E-state index is 4.75. The number of nitrogens with one attached hydrogen (secondary N) is 1. The van der Waals surface area contributed by atoms with Crippen LogP contribution in [0.3, 0.4) is 0 Å². The summed E-state index contributed by atoms with van der Waals surface area (Å²) < 4.78 is 0. The smallest absolute Gasteiger partial charge is 0.124 e. The molecule has 0 fully saturated rings. The van der Waals surface area contributed by atoms with Crippen molar-refractivity contribution in [3.8, 4) is 10.6 Å². The predicted molar refractivity (Wildman–Crippen MR) is 83.9 cm³/mol. The van der Waals surface area contributed by atoms with Gasteiger partial charge in [0.1, 0.15) is 5.01 Å². The van der Waals surface area contributed by atoms with E-state index in [1.807, 2.05) is 11.3 Å². The summed E-state index contributed by atoms with van der Waals surface area (Å²) in [6.45, 7) is 11.7. The molecule has 1 heterocycles. The Kier molecular flexibility index (Phi) is 4.38. The number of aryl methyl sites for hydroxylation is 3. The largest absolute Gasteiger partial charge is 0.310 e. The van der Waals surface area contributed by atoms with Gasteiger partial charge in [-0.05, 0) is 39.8 Å². The molecule has 0 saturated carbocycles. The van der Waals surface area contributed by atoms with E-state index in [1.54, 1.807) is 0 Å². The average Bonchev–Trinajstić information content (AvgIpc) is 2.71. The van der Waals surface area contributed by atoms with Crippen molar-refractivity contribution < 1.29 is 0 Å². The molecule has 0 aliphatic heterocycles. The lowest BCUT2D eigenvalue weighted by atomic mass is 10.1. The van der Waals surface area contributed by atoms with Crippen molar-refractivity contribution in [2.75, 3.05) is 6.54 Å². The fourth-order valence-electron chi connectivity index (χ4n) is 2.38. The van der Waals surface area contributed by atoms with Crippen LogP contribution in [0.1, 0.15) is 41.6 Å². The van der Waals surface area contributed by atoms with Gasteiger partial charge in [0.15, 0.2) is 0 Å². The molecule has 0 spiro atoms. The third-order valence-corrected chi connectivity index (χ3v) is 4.72. The van der Waals surface area contributed by atoms with E-state index >= 15 is 0 Å². The average molecular weight is 274 g/mol. The minimum Gasteiger partial charge on any atom is -0.310 e. The topological polar surface area (TPSA) is 24.9 Å². The highest BCUT2D eigenvalue weighted by atomic mass is 32.1. The summed E-state index contributed by atoms with van der Waals surface area (Å²) in [7, 11) is 0. The first-order valence-electron chi connectivity index (χ1n) is 6.81. The molecule has 3 heteroatoms. The zero-order chi connectivity index (χ0) is 14.0. The van der Waals surface area contributed by atoms with Crippen LogP contribution in [-0.4, -0.2) is 11.5 Å². The van der Waals surface area contributed by atoms with Gasteiger partial charge in [0.05, 0.1) is 5.69 Å². The second-order valence-corrected chi connectivity index (χ2v) is 6.10. The molecule has 19 heavy (non-hydrogen) atoms. The van der Waals surface area contributed by atoms with E-state index in [-0.39, 0.29) is 0 Å². The maximum Gasteiger partial charge on any atom is 0.124 e. The quantitative estimate of drug-likeness (QED) is 0.893. The Bertz CT molecular complexity index is 572. The molecular formula is C16H22N2S. The van der Waals surface area contributed by atoms with E-state index in [0.29, 0.717) is 6.04 Å². The minimum absolute atomic E-state index is 0.377. The summed E-state index contributed by atoms with van der Waals surface area (Å²) in [4.78, 5) is 6.10. The Balaban J connectivity index is 2.39. The first-order valence-corrected chi connectivity index (χ1v) is 7.63. The number of hydrogen-bond donors (Lipinski definition) is 1. The fraction of sp³-hybridized carbons (Fsp3) is 0.438. The van der Waals surface area contributed by atoms with E-state index in [1.165, 1.54) is 21.6 Å². The summed E-state index contributed by atoms with van der Waals surface area (Å²) in [5.74, 6) is 0. The van der Waals surface area contributed by atoms with Crippen molar-refractivity contribution >= 4 is 11.3 Å². The lowest BCUT2D eigenvalue weighted by Crippen LogP contribution is -2.17. The molecule has 2 aromatic rings. The molecule has 1 unspecified atom stereocenters. The molecule has 2 nitrogen and oxygen atoms in total. The zero-order valence-electron chi connectivity index (χ0n) is 12.4. The van der Waals surface area contributed by atoms with E-state index in [0.717, 1.165) is 17.2 Å². The summed E-state index contributed by atoms with van der Waals surface area (Å²) in [5.41, 5.74) is 5.01. The Morgan fingerprint density at radius 1 is 1.26 bits per heavy atom. The third-order valence-electron chi connectivity index (χ3n) is 3.35. The Morgan fingerprint density at radius 3 is 2.63 bits per heavy atom. The monoisotopic (exact) mass is 274 g/mol. The van der Waals surface area contributed by atoms with Gasteiger partial charge in [-0.15, -0.1) is 11.3 Å². The fourth-order valence-corrected chi connectivity index (χ4v) is 3.56. The standard InChI is InChI=1S/C16H22N2S/c1-6-17-12(4)15-13(5)18-16(19-15)14-8-7-10(2)9-11(14)3/h7-9,12,17H,6H2,1-5H3.